The number of hydrogen-bond acceptors (Lipinski definition) is 1. The van der Waals surface area contributed by atoms with Crippen molar-refractivity contribution < 1.29 is 26.3 Å². The monoisotopic (exact) mass is 542 g/mol. The number of nitrogens with zero attached hydrogens (tertiary/aromatic N) is 2. The van der Waals surface area contributed by atoms with Gasteiger partial charge in [0.25, 0.3) is 0 Å². The third kappa shape index (κ3) is 5.65. The Balaban J connectivity index is 0.00000304. The minimum absolute atomic E-state index is 0. The van der Waals surface area contributed by atoms with Crippen LogP contribution in [0.1, 0.15) is 43.0 Å². The highest BCUT2D eigenvalue weighted by Gasteiger charge is 2.20. The Hall–Kier alpha value is -3.11. The summed E-state index contributed by atoms with van der Waals surface area (Å²) in [6.45, 7) is 7.08. The van der Waals surface area contributed by atoms with Crippen LogP contribution in [0.4, 0.5) is 0 Å². The van der Waals surface area contributed by atoms with Crippen molar-refractivity contribution in [3.05, 3.63) is 108 Å². The van der Waals surface area contributed by atoms with E-state index >= 15 is 0 Å². The van der Waals surface area contributed by atoms with Crippen LogP contribution in [0.2, 0.25) is 0 Å². The first-order valence-corrected chi connectivity index (χ1v) is 12.9. The fraction of sp³-hybridized carbons (Fsp3) is 0.281. The largest absolute Gasteiger partial charge is 1.00 e. The topological polar surface area (TPSA) is 18.0 Å². The maximum Gasteiger partial charge on any atom is 0.203 e. The number of halogens is 1. The molecule has 0 N–H and O–H groups in total. The molecule has 0 aliphatic heterocycles. The smallest absolute Gasteiger partial charge is 0.203 e. The predicted molar refractivity (Wildman–Crippen MR) is 145 cm³/mol. The SMILES string of the molecule is CCCCOc1ccc2c3cc[n+](Cc4ccccc4)c(C)c3n(CCCc3ccccc3)c2c1.[Br-]. The first-order valence-electron chi connectivity index (χ1n) is 12.9. The molecular weight excluding hydrogens is 508 g/mol. The Kier molecular flexibility index (Phi) is 8.82. The van der Waals surface area contributed by atoms with Gasteiger partial charge in [0, 0.05) is 41.9 Å². The number of benzene rings is 3. The van der Waals surface area contributed by atoms with Crippen LogP contribution in [0.5, 0.6) is 5.75 Å². The van der Waals surface area contributed by atoms with Crippen LogP contribution in [0, 0.1) is 6.92 Å². The number of aromatic nitrogens is 2. The fourth-order valence-electron chi connectivity index (χ4n) is 5.02. The third-order valence-electron chi connectivity index (χ3n) is 6.92. The molecule has 0 saturated heterocycles. The van der Waals surface area contributed by atoms with Gasteiger partial charge in [-0.15, -0.1) is 0 Å². The lowest BCUT2D eigenvalue weighted by atomic mass is 10.1. The first-order chi connectivity index (χ1) is 17.2. The molecule has 0 unspecified atom stereocenters. The van der Waals surface area contributed by atoms with Gasteiger partial charge in [-0.25, -0.2) is 0 Å². The van der Waals surface area contributed by atoms with Gasteiger partial charge >= 0.3 is 0 Å². The number of fused-ring (bicyclic) bond motifs is 3. The van der Waals surface area contributed by atoms with Crippen LogP contribution in [-0.4, -0.2) is 11.2 Å². The summed E-state index contributed by atoms with van der Waals surface area (Å²) < 4.78 is 11.0. The van der Waals surface area contributed by atoms with E-state index in [9.17, 15) is 0 Å². The third-order valence-corrected chi connectivity index (χ3v) is 6.92. The normalized spacial score (nSPS) is 11.1. The fourth-order valence-corrected chi connectivity index (χ4v) is 5.02. The standard InChI is InChI=1S/C32H35N2O.BrH/c1-3-4-22-35-28-17-18-29-30-19-21-33(24-27-14-9-6-10-15-27)25(2)32(30)34(31(29)23-28)20-11-16-26-12-7-5-8-13-26;/h5-10,12-15,17-19,21,23H,3-4,11,16,20,22,24H2,1-2H3;1H/q+1;/p-1. The molecule has 186 valence electrons. The molecule has 0 amide bonds. The number of rotatable bonds is 10. The molecule has 3 aromatic carbocycles. The second-order valence-corrected chi connectivity index (χ2v) is 9.40. The number of hydrogen-bond donors (Lipinski definition) is 0. The van der Waals surface area contributed by atoms with Gasteiger partial charge in [-0.2, -0.15) is 4.57 Å². The maximum atomic E-state index is 6.09. The lowest BCUT2D eigenvalue weighted by molar-refractivity contribution is -0.693. The van der Waals surface area contributed by atoms with Gasteiger partial charge in [-0.3, -0.25) is 0 Å². The molecule has 0 bridgehead atoms. The molecule has 2 aromatic heterocycles. The summed E-state index contributed by atoms with van der Waals surface area (Å²) in [5.74, 6) is 0.966. The van der Waals surface area contributed by atoms with Crippen LogP contribution in [0.3, 0.4) is 0 Å². The van der Waals surface area contributed by atoms with Crippen molar-refractivity contribution in [1.29, 1.82) is 0 Å². The van der Waals surface area contributed by atoms with E-state index in [1.165, 1.54) is 38.6 Å². The highest BCUT2D eigenvalue weighted by molar-refractivity contribution is 6.08. The zero-order valence-corrected chi connectivity index (χ0v) is 22.9. The summed E-state index contributed by atoms with van der Waals surface area (Å²) in [5.41, 5.74) is 6.61. The Morgan fingerprint density at radius 3 is 2.25 bits per heavy atom. The molecule has 0 atom stereocenters. The lowest BCUT2D eigenvalue weighted by Gasteiger charge is -2.10. The number of pyridine rings is 1. The van der Waals surface area contributed by atoms with E-state index in [2.05, 4.69) is 114 Å². The number of aryl methyl sites for hydroxylation is 3. The molecule has 5 aromatic rings. The molecular formula is C32H35BrN2O. The van der Waals surface area contributed by atoms with E-state index in [0.717, 1.165) is 51.1 Å². The second kappa shape index (κ2) is 12.2. The average Bonchev–Trinajstić information content (AvgIpc) is 3.21. The van der Waals surface area contributed by atoms with Crippen molar-refractivity contribution in [2.24, 2.45) is 0 Å². The summed E-state index contributed by atoms with van der Waals surface area (Å²) in [7, 11) is 0. The quantitative estimate of drug-likeness (QED) is 0.190. The van der Waals surface area contributed by atoms with E-state index in [0.29, 0.717) is 0 Å². The highest BCUT2D eigenvalue weighted by Crippen LogP contribution is 2.33. The summed E-state index contributed by atoms with van der Waals surface area (Å²) in [4.78, 5) is 0. The van der Waals surface area contributed by atoms with E-state index < -0.39 is 0 Å². The molecule has 36 heavy (non-hydrogen) atoms. The molecule has 2 heterocycles. The van der Waals surface area contributed by atoms with E-state index in [1.807, 2.05) is 0 Å². The highest BCUT2D eigenvalue weighted by atomic mass is 79.9. The molecule has 0 aliphatic rings. The molecule has 4 heteroatoms. The minimum atomic E-state index is 0. The van der Waals surface area contributed by atoms with Crippen molar-refractivity contribution >= 4 is 21.8 Å². The first kappa shape index (κ1) is 26.0. The zero-order valence-electron chi connectivity index (χ0n) is 21.3. The molecule has 0 spiro atoms. The van der Waals surface area contributed by atoms with Gasteiger partial charge in [0.1, 0.15) is 11.3 Å². The van der Waals surface area contributed by atoms with E-state index in [1.54, 1.807) is 0 Å². The van der Waals surface area contributed by atoms with Crippen molar-refractivity contribution in [3.8, 4) is 5.75 Å². The average molecular weight is 544 g/mol. The van der Waals surface area contributed by atoms with Gasteiger partial charge in [0.05, 0.1) is 12.1 Å². The molecule has 0 aliphatic carbocycles. The van der Waals surface area contributed by atoms with Gasteiger partial charge < -0.3 is 26.3 Å². The van der Waals surface area contributed by atoms with E-state index in [4.69, 9.17) is 4.74 Å². The van der Waals surface area contributed by atoms with Gasteiger partial charge in [-0.1, -0.05) is 74.0 Å². The molecule has 0 radical (unpaired) electrons. The molecule has 5 rings (SSSR count). The van der Waals surface area contributed by atoms with Crippen molar-refractivity contribution in [3.63, 3.8) is 0 Å². The number of ether oxygens (including phenoxy) is 1. The minimum Gasteiger partial charge on any atom is -1.00 e. The summed E-state index contributed by atoms with van der Waals surface area (Å²) in [5, 5.41) is 2.62. The van der Waals surface area contributed by atoms with Crippen molar-refractivity contribution in [2.45, 2.75) is 52.6 Å². The van der Waals surface area contributed by atoms with Gasteiger partial charge in [0.15, 0.2) is 12.7 Å². The Morgan fingerprint density at radius 2 is 1.53 bits per heavy atom. The molecule has 0 saturated carbocycles. The maximum absolute atomic E-state index is 6.09. The second-order valence-electron chi connectivity index (χ2n) is 9.40. The Labute approximate surface area is 225 Å². The van der Waals surface area contributed by atoms with Crippen LogP contribution >= 0.6 is 0 Å². The van der Waals surface area contributed by atoms with Crippen LogP contribution < -0.4 is 26.3 Å². The zero-order chi connectivity index (χ0) is 24.0. The Morgan fingerprint density at radius 1 is 0.806 bits per heavy atom. The van der Waals surface area contributed by atoms with Crippen molar-refractivity contribution in [2.75, 3.05) is 6.61 Å². The molecule has 0 fully saturated rings. The van der Waals surface area contributed by atoms with Crippen LogP contribution in [0.15, 0.2) is 91.1 Å². The lowest BCUT2D eigenvalue weighted by Crippen LogP contribution is -3.00. The predicted octanol–water partition coefficient (Wildman–Crippen LogP) is 4.25. The summed E-state index contributed by atoms with van der Waals surface area (Å²) in [6.07, 6.45) is 6.63. The number of unbranched alkanes of at least 4 members (excludes halogenated alkanes) is 1. The van der Waals surface area contributed by atoms with Gasteiger partial charge in [0.2, 0.25) is 5.69 Å². The van der Waals surface area contributed by atoms with Crippen molar-refractivity contribution in [1.82, 2.24) is 4.57 Å². The van der Waals surface area contributed by atoms with Gasteiger partial charge in [-0.05, 0) is 37.0 Å². The Bertz CT molecular complexity index is 1410. The summed E-state index contributed by atoms with van der Waals surface area (Å²) >= 11 is 0. The van der Waals surface area contributed by atoms with Crippen LogP contribution in [-0.2, 0) is 19.5 Å². The van der Waals surface area contributed by atoms with E-state index in [-0.39, 0.29) is 17.0 Å². The van der Waals surface area contributed by atoms with Crippen LogP contribution in [0.25, 0.3) is 21.8 Å². The molecule has 3 nitrogen and oxygen atoms in total. The summed E-state index contributed by atoms with van der Waals surface area (Å²) in [6, 6.07) is 30.4.